The first-order valence-corrected chi connectivity index (χ1v) is 3.62. The average molecular weight is 168 g/mol. The lowest BCUT2D eigenvalue weighted by atomic mass is 10.4. The summed E-state index contributed by atoms with van der Waals surface area (Å²) in [6, 6.07) is 3.86. The van der Waals surface area contributed by atoms with E-state index >= 15 is 0 Å². The number of halogens is 1. The summed E-state index contributed by atoms with van der Waals surface area (Å²) in [5.41, 5.74) is 1.89. The number of aromatic nitrogens is 3. The van der Waals surface area contributed by atoms with Crippen molar-refractivity contribution >= 4 is 17.1 Å². The van der Waals surface area contributed by atoms with Gasteiger partial charge in [0.25, 0.3) is 0 Å². The molecule has 4 heteroatoms. The minimum absolute atomic E-state index is 0.284. The number of fused-ring (bicyclic) bond motifs is 1. The fraction of sp³-hybridized carbons (Fsp3) is 0.143. The Bertz CT molecular complexity index is 393. The molecule has 2 heterocycles. The van der Waals surface area contributed by atoms with Gasteiger partial charge >= 0.3 is 0 Å². The van der Waals surface area contributed by atoms with Crippen molar-refractivity contribution in [2.75, 3.05) is 0 Å². The highest BCUT2D eigenvalue weighted by atomic mass is 35.5. The van der Waals surface area contributed by atoms with Crippen LogP contribution in [0.15, 0.2) is 18.3 Å². The monoisotopic (exact) mass is 167 g/mol. The molecule has 0 unspecified atom stereocenters. The Hall–Kier alpha value is -1.09. The fourth-order valence-electron chi connectivity index (χ4n) is 1.05. The zero-order valence-corrected chi connectivity index (χ0v) is 6.71. The van der Waals surface area contributed by atoms with E-state index in [-0.39, 0.29) is 5.28 Å². The van der Waals surface area contributed by atoms with Gasteiger partial charge in [0.2, 0.25) is 5.28 Å². The molecule has 0 saturated carbocycles. The van der Waals surface area contributed by atoms with Gasteiger partial charge in [0, 0.05) is 6.20 Å². The normalized spacial score (nSPS) is 10.7. The maximum absolute atomic E-state index is 5.64. The second-order valence-electron chi connectivity index (χ2n) is 2.30. The van der Waals surface area contributed by atoms with Gasteiger partial charge in [-0.05, 0) is 30.7 Å². The number of hydrogen-bond donors (Lipinski definition) is 0. The van der Waals surface area contributed by atoms with E-state index in [1.54, 1.807) is 4.52 Å². The topological polar surface area (TPSA) is 30.2 Å². The maximum atomic E-state index is 5.64. The lowest BCUT2D eigenvalue weighted by molar-refractivity contribution is 0.888. The summed E-state index contributed by atoms with van der Waals surface area (Å²) >= 11 is 5.64. The Morgan fingerprint density at radius 3 is 3.18 bits per heavy atom. The molecular formula is C7H6ClN3. The molecule has 0 spiro atoms. The molecule has 0 saturated heterocycles. The molecule has 0 amide bonds. The first-order valence-electron chi connectivity index (χ1n) is 3.25. The molecule has 0 radical (unpaired) electrons. The van der Waals surface area contributed by atoms with Crippen LogP contribution in [0, 0.1) is 6.92 Å². The molecule has 2 aromatic heterocycles. The van der Waals surface area contributed by atoms with E-state index in [1.807, 2.05) is 25.3 Å². The highest BCUT2D eigenvalue weighted by Gasteiger charge is 1.99. The number of rotatable bonds is 0. The van der Waals surface area contributed by atoms with Crippen molar-refractivity contribution in [1.82, 2.24) is 14.6 Å². The smallest absolute Gasteiger partial charge is 0.236 e. The molecule has 11 heavy (non-hydrogen) atoms. The Morgan fingerprint density at radius 2 is 2.36 bits per heavy atom. The van der Waals surface area contributed by atoms with Crippen molar-refractivity contribution in [1.29, 1.82) is 0 Å². The standard InChI is InChI=1S/C7H6ClN3/c1-5-6-3-2-4-11(6)10-7(8)9-5/h2-4H,1H3. The van der Waals surface area contributed by atoms with Gasteiger partial charge in [-0.1, -0.05) is 0 Å². The van der Waals surface area contributed by atoms with Gasteiger partial charge < -0.3 is 0 Å². The average Bonchev–Trinajstić information content (AvgIpc) is 2.34. The van der Waals surface area contributed by atoms with Crippen LogP contribution in [-0.2, 0) is 0 Å². The third-order valence-corrected chi connectivity index (χ3v) is 1.71. The molecule has 0 aromatic carbocycles. The van der Waals surface area contributed by atoms with E-state index in [1.165, 1.54) is 0 Å². The van der Waals surface area contributed by atoms with Gasteiger partial charge in [-0.3, -0.25) is 0 Å². The van der Waals surface area contributed by atoms with E-state index in [4.69, 9.17) is 11.6 Å². The van der Waals surface area contributed by atoms with Crippen LogP contribution in [0.25, 0.3) is 5.52 Å². The molecule has 0 bridgehead atoms. The van der Waals surface area contributed by atoms with Crippen molar-refractivity contribution in [2.24, 2.45) is 0 Å². The fourth-order valence-corrected chi connectivity index (χ4v) is 1.26. The molecule has 56 valence electrons. The summed E-state index contributed by atoms with van der Waals surface area (Å²) in [6.07, 6.45) is 1.84. The largest absolute Gasteiger partial charge is 0.241 e. The lowest BCUT2D eigenvalue weighted by Gasteiger charge is -1.96. The summed E-state index contributed by atoms with van der Waals surface area (Å²) in [5.74, 6) is 0. The van der Waals surface area contributed by atoms with Crippen molar-refractivity contribution < 1.29 is 0 Å². The van der Waals surface area contributed by atoms with Crippen molar-refractivity contribution in [3.63, 3.8) is 0 Å². The van der Waals surface area contributed by atoms with Crippen molar-refractivity contribution in [3.05, 3.63) is 29.3 Å². The number of aryl methyl sites for hydroxylation is 1. The third-order valence-electron chi connectivity index (χ3n) is 1.55. The van der Waals surface area contributed by atoms with Gasteiger partial charge in [0.05, 0.1) is 11.2 Å². The van der Waals surface area contributed by atoms with Crippen LogP contribution in [0.1, 0.15) is 5.69 Å². The van der Waals surface area contributed by atoms with Crippen LogP contribution in [0.2, 0.25) is 5.28 Å². The number of nitrogens with zero attached hydrogens (tertiary/aromatic N) is 3. The minimum Gasteiger partial charge on any atom is -0.236 e. The molecule has 0 aliphatic carbocycles. The molecule has 0 fully saturated rings. The van der Waals surface area contributed by atoms with Crippen molar-refractivity contribution in [2.45, 2.75) is 6.92 Å². The second-order valence-corrected chi connectivity index (χ2v) is 2.64. The highest BCUT2D eigenvalue weighted by molar-refractivity contribution is 6.28. The van der Waals surface area contributed by atoms with Gasteiger partial charge in [-0.15, -0.1) is 5.10 Å². The van der Waals surface area contributed by atoms with E-state index in [9.17, 15) is 0 Å². The Balaban J connectivity index is 2.91. The minimum atomic E-state index is 0.284. The summed E-state index contributed by atoms with van der Waals surface area (Å²) in [5, 5.41) is 4.25. The molecule has 0 atom stereocenters. The zero-order chi connectivity index (χ0) is 7.84. The first-order chi connectivity index (χ1) is 5.27. The summed E-state index contributed by atoms with van der Waals surface area (Å²) in [7, 11) is 0. The van der Waals surface area contributed by atoms with E-state index in [0.717, 1.165) is 11.2 Å². The predicted molar refractivity (Wildman–Crippen MR) is 42.7 cm³/mol. The van der Waals surface area contributed by atoms with Crippen LogP contribution < -0.4 is 0 Å². The summed E-state index contributed by atoms with van der Waals surface area (Å²) in [4.78, 5) is 4.01. The van der Waals surface area contributed by atoms with E-state index in [2.05, 4.69) is 10.1 Å². The van der Waals surface area contributed by atoms with Crippen LogP contribution >= 0.6 is 11.6 Å². The van der Waals surface area contributed by atoms with E-state index < -0.39 is 0 Å². The SMILES string of the molecule is Cc1nc(Cl)nn2cccc12. The first kappa shape index (κ1) is 6.61. The van der Waals surface area contributed by atoms with Crippen LogP contribution in [0.3, 0.4) is 0 Å². The second kappa shape index (κ2) is 2.20. The Morgan fingerprint density at radius 1 is 1.55 bits per heavy atom. The molecule has 0 N–H and O–H groups in total. The molecule has 2 aromatic rings. The zero-order valence-electron chi connectivity index (χ0n) is 5.95. The third kappa shape index (κ3) is 0.973. The molecular weight excluding hydrogens is 162 g/mol. The molecule has 2 rings (SSSR count). The Labute approximate surface area is 68.6 Å². The van der Waals surface area contributed by atoms with Gasteiger partial charge in [-0.2, -0.15) is 0 Å². The molecule has 0 aliphatic heterocycles. The quantitative estimate of drug-likeness (QED) is 0.598. The maximum Gasteiger partial charge on any atom is 0.241 e. The molecule has 0 aliphatic rings. The van der Waals surface area contributed by atoms with Gasteiger partial charge in [0.15, 0.2) is 0 Å². The lowest BCUT2D eigenvalue weighted by Crippen LogP contribution is -1.95. The van der Waals surface area contributed by atoms with Crippen LogP contribution in [0.4, 0.5) is 0 Å². The van der Waals surface area contributed by atoms with E-state index in [0.29, 0.717) is 0 Å². The highest BCUT2D eigenvalue weighted by Crippen LogP contribution is 2.09. The Kier molecular flexibility index (Phi) is 1.32. The number of hydrogen-bond acceptors (Lipinski definition) is 2. The summed E-state index contributed by atoms with van der Waals surface area (Å²) < 4.78 is 1.71. The van der Waals surface area contributed by atoms with Gasteiger partial charge in [0.1, 0.15) is 0 Å². The predicted octanol–water partition coefficient (Wildman–Crippen LogP) is 1.69. The van der Waals surface area contributed by atoms with Crippen molar-refractivity contribution in [3.8, 4) is 0 Å². The van der Waals surface area contributed by atoms with Gasteiger partial charge in [-0.25, -0.2) is 9.50 Å². The van der Waals surface area contributed by atoms with Crippen LogP contribution in [0.5, 0.6) is 0 Å². The summed E-state index contributed by atoms with van der Waals surface area (Å²) in [6.45, 7) is 1.91. The molecule has 3 nitrogen and oxygen atoms in total. The van der Waals surface area contributed by atoms with Crippen LogP contribution in [-0.4, -0.2) is 14.6 Å².